The Morgan fingerprint density at radius 1 is 1.33 bits per heavy atom. The van der Waals surface area contributed by atoms with E-state index in [0.717, 1.165) is 28.5 Å². The van der Waals surface area contributed by atoms with Gasteiger partial charge in [-0.3, -0.25) is 4.79 Å². The molecule has 0 bridgehead atoms. The molecule has 21 heavy (non-hydrogen) atoms. The highest BCUT2D eigenvalue weighted by atomic mass is 35.5. The van der Waals surface area contributed by atoms with E-state index < -0.39 is 11.5 Å². The van der Waals surface area contributed by atoms with Crippen LogP contribution in [0.2, 0.25) is 4.34 Å². The molecule has 2 N–H and O–H groups in total. The highest BCUT2D eigenvalue weighted by Gasteiger charge is 2.40. The molecule has 0 saturated heterocycles. The van der Waals surface area contributed by atoms with Gasteiger partial charge in [-0.1, -0.05) is 30.9 Å². The number of halogens is 1. The van der Waals surface area contributed by atoms with Crippen LogP contribution in [-0.4, -0.2) is 28.3 Å². The normalized spacial score (nSPS) is 17.4. The number of carboxylic acids is 1. The minimum absolute atomic E-state index is 0.202. The average Bonchev–Trinajstić information content (AvgIpc) is 2.85. The van der Waals surface area contributed by atoms with Gasteiger partial charge in [-0.15, -0.1) is 23.1 Å². The van der Waals surface area contributed by atoms with Crippen LogP contribution in [0.5, 0.6) is 0 Å². The zero-order valence-corrected chi connectivity index (χ0v) is 14.0. The lowest BCUT2D eigenvalue weighted by atomic mass is 9.81. The first kappa shape index (κ1) is 16.6. The Bertz CT molecular complexity index is 512. The smallest absolute Gasteiger partial charge is 0.329 e. The van der Waals surface area contributed by atoms with E-state index in [2.05, 4.69) is 5.32 Å². The molecule has 7 heteroatoms. The third kappa shape index (κ3) is 4.63. The Hall–Kier alpha value is -0.720. The van der Waals surface area contributed by atoms with Gasteiger partial charge in [-0.05, 0) is 25.0 Å². The molecule has 4 nitrogen and oxygen atoms in total. The molecule has 1 aliphatic rings. The maximum Gasteiger partial charge on any atom is 0.329 e. The van der Waals surface area contributed by atoms with Gasteiger partial charge in [0.15, 0.2) is 0 Å². The van der Waals surface area contributed by atoms with E-state index in [0.29, 0.717) is 18.6 Å². The number of rotatable bonds is 6. The zero-order chi connectivity index (χ0) is 15.3. The number of carbonyl (C=O) groups excluding carboxylic acids is 1. The van der Waals surface area contributed by atoms with Crippen LogP contribution in [0.25, 0.3) is 0 Å². The van der Waals surface area contributed by atoms with Crippen molar-refractivity contribution in [2.45, 2.75) is 43.4 Å². The maximum atomic E-state index is 12.0. The van der Waals surface area contributed by atoms with Crippen LogP contribution in [0.15, 0.2) is 12.1 Å². The molecule has 0 spiro atoms. The van der Waals surface area contributed by atoms with Gasteiger partial charge in [0, 0.05) is 10.6 Å². The third-order valence-electron chi connectivity index (χ3n) is 3.60. The lowest BCUT2D eigenvalue weighted by molar-refractivity contribution is -0.148. The van der Waals surface area contributed by atoms with Gasteiger partial charge in [0.05, 0.1) is 10.1 Å². The number of amides is 1. The number of nitrogens with one attached hydrogen (secondary N) is 1. The molecular weight excluding hydrogens is 330 g/mol. The second-order valence-corrected chi connectivity index (χ2v) is 7.98. The molecule has 1 amide bonds. The summed E-state index contributed by atoms with van der Waals surface area (Å²) in [5, 5.41) is 12.2. The summed E-state index contributed by atoms with van der Waals surface area (Å²) >= 11 is 8.82. The minimum Gasteiger partial charge on any atom is -0.480 e. The molecule has 2 rings (SSSR count). The van der Waals surface area contributed by atoms with Gasteiger partial charge in [-0.25, -0.2) is 4.79 Å². The largest absolute Gasteiger partial charge is 0.480 e. The second kappa shape index (κ2) is 7.51. The predicted molar refractivity (Wildman–Crippen MR) is 87.1 cm³/mol. The van der Waals surface area contributed by atoms with Crippen molar-refractivity contribution in [2.24, 2.45) is 0 Å². The fourth-order valence-electron chi connectivity index (χ4n) is 2.52. The van der Waals surface area contributed by atoms with Crippen molar-refractivity contribution in [1.82, 2.24) is 5.32 Å². The monoisotopic (exact) mass is 347 g/mol. The summed E-state index contributed by atoms with van der Waals surface area (Å²) in [4.78, 5) is 24.6. The topological polar surface area (TPSA) is 66.4 Å². The van der Waals surface area contributed by atoms with Crippen molar-refractivity contribution < 1.29 is 14.7 Å². The molecule has 0 aliphatic heterocycles. The summed E-state index contributed by atoms with van der Waals surface area (Å²) in [5.74, 6) is -0.132. The van der Waals surface area contributed by atoms with Gasteiger partial charge in [0.25, 0.3) is 0 Å². The Morgan fingerprint density at radius 2 is 2.05 bits per heavy atom. The minimum atomic E-state index is -1.05. The molecule has 0 unspecified atom stereocenters. The number of carbonyl (C=O) groups is 2. The first-order chi connectivity index (χ1) is 10.0. The van der Waals surface area contributed by atoms with E-state index in [1.54, 1.807) is 0 Å². The van der Waals surface area contributed by atoms with E-state index in [1.807, 2.05) is 12.1 Å². The summed E-state index contributed by atoms with van der Waals surface area (Å²) in [5.41, 5.74) is -1.05. The summed E-state index contributed by atoms with van der Waals surface area (Å²) in [6, 6.07) is 3.78. The third-order valence-corrected chi connectivity index (χ3v) is 6.00. The summed E-state index contributed by atoms with van der Waals surface area (Å²) in [6.45, 7) is 0. The number of carboxylic acid groups (broad SMARTS) is 1. The Balaban J connectivity index is 1.81. The lowest BCUT2D eigenvalue weighted by Gasteiger charge is -2.33. The van der Waals surface area contributed by atoms with Gasteiger partial charge in [-0.2, -0.15) is 0 Å². The van der Waals surface area contributed by atoms with Crippen LogP contribution in [0.3, 0.4) is 0 Å². The summed E-state index contributed by atoms with van der Waals surface area (Å²) in [7, 11) is 0. The molecule has 0 aromatic carbocycles. The Labute approximate surface area is 137 Å². The molecule has 1 aliphatic carbocycles. The number of aliphatic carboxylic acids is 1. The van der Waals surface area contributed by atoms with Crippen molar-refractivity contribution in [1.29, 1.82) is 0 Å². The van der Waals surface area contributed by atoms with E-state index in [4.69, 9.17) is 11.6 Å². The van der Waals surface area contributed by atoms with Gasteiger partial charge in [0.1, 0.15) is 5.54 Å². The SMILES string of the molecule is O=C(CSCc1ccc(Cl)s1)NC1(C(=O)O)CCCCC1. The van der Waals surface area contributed by atoms with E-state index in [1.165, 1.54) is 23.1 Å². The highest BCUT2D eigenvalue weighted by Crippen LogP contribution is 2.29. The molecule has 1 saturated carbocycles. The molecule has 1 heterocycles. The maximum absolute atomic E-state index is 12.0. The molecule has 1 fully saturated rings. The zero-order valence-electron chi connectivity index (χ0n) is 11.6. The van der Waals surface area contributed by atoms with Crippen LogP contribution in [0.1, 0.15) is 37.0 Å². The van der Waals surface area contributed by atoms with Crippen molar-refractivity contribution in [3.63, 3.8) is 0 Å². The van der Waals surface area contributed by atoms with Crippen molar-refractivity contribution in [3.05, 3.63) is 21.3 Å². The average molecular weight is 348 g/mol. The van der Waals surface area contributed by atoms with Crippen LogP contribution in [-0.2, 0) is 15.3 Å². The fraction of sp³-hybridized carbons (Fsp3) is 0.571. The van der Waals surface area contributed by atoms with Crippen molar-refractivity contribution in [2.75, 3.05) is 5.75 Å². The number of thiophene rings is 1. The quantitative estimate of drug-likeness (QED) is 0.826. The van der Waals surface area contributed by atoms with E-state index in [9.17, 15) is 14.7 Å². The van der Waals surface area contributed by atoms with Crippen LogP contribution >= 0.6 is 34.7 Å². The van der Waals surface area contributed by atoms with Crippen LogP contribution in [0.4, 0.5) is 0 Å². The van der Waals surface area contributed by atoms with Gasteiger partial charge in [0.2, 0.25) is 5.91 Å². The standard InChI is InChI=1S/C14H18ClNO3S2/c15-11-5-4-10(21-11)8-20-9-12(17)16-14(13(18)19)6-2-1-3-7-14/h4-5H,1-3,6-9H2,(H,16,17)(H,18,19). The van der Waals surface area contributed by atoms with Gasteiger partial charge >= 0.3 is 5.97 Å². The van der Waals surface area contributed by atoms with Gasteiger partial charge < -0.3 is 10.4 Å². The first-order valence-corrected chi connectivity index (χ1v) is 9.23. The molecule has 0 atom stereocenters. The van der Waals surface area contributed by atoms with Crippen LogP contribution < -0.4 is 5.32 Å². The van der Waals surface area contributed by atoms with E-state index in [-0.39, 0.29) is 11.7 Å². The Morgan fingerprint density at radius 3 is 2.62 bits per heavy atom. The summed E-state index contributed by atoms with van der Waals surface area (Å²) < 4.78 is 0.738. The molecular formula is C14H18ClNO3S2. The molecule has 1 aromatic heterocycles. The second-order valence-electron chi connectivity index (χ2n) is 5.19. The number of thioether (sulfide) groups is 1. The summed E-state index contributed by atoms with van der Waals surface area (Å²) in [6.07, 6.45) is 3.80. The lowest BCUT2D eigenvalue weighted by Crippen LogP contribution is -2.56. The fourth-order valence-corrected chi connectivity index (χ4v) is 4.55. The van der Waals surface area contributed by atoms with Crippen LogP contribution in [0, 0.1) is 0 Å². The molecule has 0 radical (unpaired) electrons. The van der Waals surface area contributed by atoms with Crippen molar-refractivity contribution in [3.8, 4) is 0 Å². The number of hydrogen-bond donors (Lipinski definition) is 2. The van der Waals surface area contributed by atoms with E-state index >= 15 is 0 Å². The molecule has 1 aromatic rings. The highest BCUT2D eigenvalue weighted by molar-refractivity contribution is 7.99. The molecule has 116 valence electrons. The van der Waals surface area contributed by atoms with Crippen molar-refractivity contribution >= 4 is 46.6 Å². The number of hydrogen-bond acceptors (Lipinski definition) is 4. The first-order valence-electron chi connectivity index (χ1n) is 6.88. The predicted octanol–water partition coefficient (Wildman–Crippen LogP) is 3.54. The Kier molecular flexibility index (Phi) is 5.96.